The van der Waals surface area contributed by atoms with E-state index in [0.717, 1.165) is 51.7 Å². The zero-order valence-corrected chi connectivity index (χ0v) is 20.8. The first-order chi connectivity index (χ1) is 17.5. The van der Waals surface area contributed by atoms with Crippen LogP contribution in [0.4, 0.5) is 0 Å². The molecule has 1 aliphatic rings. The molecule has 1 aromatic heterocycles. The van der Waals surface area contributed by atoms with Crippen molar-refractivity contribution in [2.24, 2.45) is 0 Å². The van der Waals surface area contributed by atoms with E-state index in [4.69, 9.17) is 4.98 Å². The van der Waals surface area contributed by atoms with Crippen LogP contribution in [0.15, 0.2) is 78.9 Å². The molecular weight excluding hydrogens is 446 g/mol. The number of benzene rings is 3. The first-order valence-corrected chi connectivity index (χ1v) is 12.6. The van der Waals surface area contributed by atoms with Crippen LogP contribution in [0.2, 0.25) is 0 Å². The number of fused-ring (bicyclic) bond motifs is 1. The molecule has 5 rings (SSSR count). The number of carbonyl (C=O) groups excluding carboxylic acids is 2. The van der Waals surface area contributed by atoms with Crippen LogP contribution in [-0.2, 0) is 11.2 Å². The summed E-state index contributed by atoms with van der Waals surface area (Å²) in [6.07, 6.45) is 1.82. The summed E-state index contributed by atoms with van der Waals surface area (Å²) in [5.41, 5.74) is 6.68. The Morgan fingerprint density at radius 2 is 1.56 bits per heavy atom. The standard InChI is InChI=1S/C31H31N3O2/c1-21-10-6-7-13-25(21)31(36)33-24-16-18-34(19-17-24)29(35)20-27-22(2)32-28-15-9-8-14-26(28)30(27)23-11-4-3-5-12-23/h3-15,24H,16-20H2,1-2H3,(H,33,36). The summed E-state index contributed by atoms with van der Waals surface area (Å²) < 4.78 is 0. The molecule has 4 aromatic rings. The highest BCUT2D eigenvalue weighted by Gasteiger charge is 2.26. The Bertz CT molecular complexity index is 1410. The smallest absolute Gasteiger partial charge is 0.251 e. The molecule has 0 aliphatic carbocycles. The van der Waals surface area contributed by atoms with Crippen LogP contribution >= 0.6 is 0 Å². The molecule has 5 heteroatoms. The van der Waals surface area contributed by atoms with Crippen molar-refractivity contribution in [2.45, 2.75) is 39.2 Å². The van der Waals surface area contributed by atoms with Crippen molar-refractivity contribution >= 4 is 22.7 Å². The van der Waals surface area contributed by atoms with Gasteiger partial charge in [-0.2, -0.15) is 0 Å². The van der Waals surface area contributed by atoms with E-state index < -0.39 is 0 Å². The maximum absolute atomic E-state index is 13.4. The minimum atomic E-state index is -0.0387. The number of rotatable bonds is 5. The Morgan fingerprint density at radius 1 is 0.889 bits per heavy atom. The molecule has 3 aromatic carbocycles. The molecular formula is C31H31N3O2. The van der Waals surface area contributed by atoms with Crippen molar-refractivity contribution in [3.63, 3.8) is 0 Å². The highest BCUT2D eigenvalue weighted by molar-refractivity contribution is 5.98. The Balaban J connectivity index is 1.31. The fourth-order valence-electron chi connectivity index (χ4n) is 5.15. The fourth-order valence-corrected chi connectivity index (χ4v) is 5.15. The minimum absolute atomic E-state index is 0.0387. The Kier molecular flexibility index (Phi) is 6.81. The van der Waals surface area contributed by atoms with Crippen molar-refractivity contribution in [1.29, 1.82) is 0 Å². The molecule has 0 spiro atoms. The zero-order valence-electron chi connectivity index (χ0n) is 20.8. The van der Waals surface area contributed by atoms with Crippen molar-refractivity contribution < 1.29 is 9.59 Å². The zero-order chi connectivity index (χ0) is 25.1. The summed E-state index contributed by atoms with van der Waals surface area (Å²) in [5, 5.41) is 4.22. The lowest BCUT2D eigenvalue weighted by Crippen LogP contribution is -2.47. The van der Waals surface area contributed by atoms with E-state index in [9.17, 15) is 9.59 Å². The van der Waals surface area contributed by atoms with E-state index in [0.29, 0.717) is 25.1 Å². The van der Waals surface area contributed by atoms with Gasteiger partial charge in [-0.3, -0.25) is 14.6 Å². The van der Waals surface area contributed by atoms with Gasteiger partial charge >= 0.3 is 0 Å². The predicted octanol–water partition coefficient (Wildman–Crippen LogP) is 5.48. The third-order valence-electron chi connectivity index (χ3n) is 7.16. The predicted molar refractivity (Wildman–Crippen MR) is 144 cm³/mol. The molecule has 182 valence electrons. The number of hydrogen-bond acceptors (Lipinski definition) is 3. The molecule has 2 amide bonds. The number of aromatic nitrogens is 1. The SMILES string of the molecule is Cc1ccccc1C(=O)NC1CCN(C(=O)Cc2c(C)nc3ccccc3c2-c2ccccc2)CC1. The molecule has 1 aliphatic heterocycles. The average molecular weight is 478 g/mol. The number of piperidine rings is 1. The van der Waals surface area contributed by atoms with E-state index in [1.807, 2.05) is 79.4 Å². The van der Waals surface area contributed by atoms with Crippen LogP contribution < -0.4 is 5.32 Å². The number of hydrogen-bond donors (Lipinski definition) is 1. The molecule has 36 heavy (non-hydrogen) atoms. The van der Waals surface area contributed by atoms with Gasteiger partial charge in [-0.15, -0.1) is 0 Å². The van der Waals surface area contributed by atoms with Gasteiger partial charge < -0.3 is 10.2 Å². The third kappa shape index (κ3) is 4.87. The van der Waals surface area contributed by atoms with Gasteiger partial charge in [0.05, 0.1) is 11.9 Å². The molecule has 0 radical (unpaired) electrons. The molecule has 1 fully saturated rings. The lowest BCUT2D eigenvalue weighted by Gasteiger charge is -2.33. The molecule has 0 bridgehead atoms. The second-order valence-corrected chi connectivity index (χ2v) is 9.55. The monoisotopic (exact) mass is 477 g/mol. The number of nitrogens with zero attached hydrogens (tertiary/aromatic N) is 2. The van der Waals surface area contributed by atoms with Crippen molar-refractivity contribution in [3.05, 3.63) is 101 Å². The van der Waals surface area contributed by atoms with Crippen LogP contribution in [0.3, 0.4) is 0 Å². The van der Waals surface area contributed by atoms with Gasteiger partial charge in [0, 0.05) is 35.8 Å². The van der Waals surface area contributed by atoms with Gasteiger partial charge in [-0.25, -0.2) is 0 Å². The Labute approximate surface area is 212 Å². The lowest BCUT2D eigenvalue weighted by atomic mass is 9.92. The molecule has 0 atom stereocenters. The molecule has 1 saturated heterocycles. The summed E-state index contributed by atoms with van der Waals surface area (Å²) in [4.78, 5) is 32.9. The minimum Gasteiger partial charge on any atom is -0.349 e. The van der Waals surface area contributed by atoms with E-state index in [2.05, 4.69) is 23.5 Å². The van der Waals surface area contributed by atoms with Gasteiger partial charge in [0.2, 0.25) is 5.91 Å². The second kappa shape index (κ2) is 10.3. The van der Waals surface area contributed by atoms with Crippen LogP contribution in [0.1, 0.15) is 40.0 Å². The number of amides is 2. The average Bonchev–Trinajstić information content (AvgIpc) is 2.90. The number of aryl methyl sites for hydroxylation is 2. The molecule has 0 unspecified atom stereocenters. The van der Waals surface area contributed by atoms with Crippen molar-refractivity contribution in [3.8, 4) is 11.1 Å². The Hall–Kier alpha value is -3.99. The van der Waals surface area contributed by atoms with Gasteiger partial charge in [0.15, 0.2) is 0 Å². The number of nitrogens with one attached hydrogen (secondary N) is 1. The van der Waals surface area contributed by atoms with Crippen LogP contribution in [0, 0.1) is 13.8 Å². The quantitative estimate of drug-likeness (QED) is 0.414. The van der Waals surface area contributed by atoms with E-state index >= 15 is 0 Å². The molecule has 0 saturated carbocycles. The Morgan fingerprint density at radius 3 is 2.31 bits per heavy atom. The summed E-state index contributed by atoms with van der Waals surface area (Å²) in [6.45, 7) is 5.22. The first-order valence-electron chi connectivity index (χ1n) is 12.6. The van der Waals surface area contributed by atoms with E-state index in [-0.39, 0.29) is 17.9 Å². The van der Waals surface area contributed by atoms with Crippen LogP contribution in [0.5, 0.6) is 0 Å². The van der Waals surface area contributed by atoms with Gasteiger partial charge in [0.1, 0.15) is 0 Å². The highest BCUT2D eigenvalue weighted by Crippen LogP contribution is 2.33. The molecule has 5 nitrogen and oxygen atoms in total. The summed E-state index contributed by atoms with van der Waals surface area (Å²) in [5.74, 6) is 0.0688. The largest absolute Gasteiger partial charge is 0.349 e. The number of likely N-dealkylation sites (tertiary alicyclic amines) is 1. The van der Waals surface area contributed by atoms with Gasteiger partial charge in [0.25, 0.3) is 5.91 Å². The molecule has 1 N–H and O–H groups in total. The number of pyridine rings is 1. The van der Waals surface area contributed by atoms with Crippen molar-refractivity contribution in [1.82, 2.24) is 15.2 Å². The lowest BCUT2D eigenvalue weighted by molar-refractivity contribution is -0.131. The third-order valence-corrected chi connectivity index (χ3v) is 7.16. The number of para-hydroxylation sites is 1. The van der Waals surface area contributed by atoms with Gasteiger partial charge in [-0.05, 0) is 61.1 Å². The number of carbonyl (C=O) groups is 2. The van der Waals surface area contributed by atoms with E-state index in [1.54, 1.807) is 0 Å². The summed E-state index contributed by atoms with van der Waals surface area (Å²) in [7, 11) is 0. The van der Waals surface area contributed by atoms with Gasteiger partial charge in [-0.1, -0.05) is 66.7 Å². The highest BCUT2D eigenvalue weighted by atomic mass is 16.2. The first kappa shape index (κ1) is 23.7. The second-order valence-electron chi connectivity index (χ2n) is 9.55. The fraction of sp³-hybridized carbons (Fsp3) is 0.258. The maximum Gasteiger partial charge on any atom is 0.251 e. The molecule has 2 heterocycles. The topological polar surface area (TPSA) is 62.3 Å². The maximum atomic E-state index is 13.4. The van der Waals surface area contributed by atoms with Crippen LogP contribution in [-0.4, -0.2) is 40.8 Å². The normalized spacial score (nSPS) is 14.1. The van der Waals surface area contributed by atoms with Crippen LogP contribution in [0.25, 0.3) is 22.0 Å². The summed E-state index contributed by atoms with van der Waals surface area (Å²) in [6, 6.07) is 26.1. The summed E-state index contributed by atoms with van der Waals surface area (Å²) >= 11 is 0. The van der Waals surface area contributed by atoms with E-state index in [1.165, 1.54) is 0 Å². The van der Waals surface area contributed by atoms with Crippen molar-refractivity contribution in [2.75, 3.05) is 13.1 Å².